The quantitative estimate of drug-likeness (QED) is 0.447. The van der Waals surface area contributed by atoms with Crippen LogP contribution in [0.4, 0.5) is 11.4 Å². The number of benzene rings is 2. The number of anilines is 2. The Morgan fingerprint density at radius 3 is 2.55 bits per heavy atom. The van der Waals surface area contributed by atoms with Crippen LogP contribution in [0, 0.1) is 0 Å². The molecule has 0 aliphatic rings. The first-order valence-corrected chi connectivity index (χ1v) is 9.85. The maximum absolute atomic E-state index is 12.8. The van der Waals surface area contributed by atoms with Crippen LogP contribution in [-0.4, -0.2) is 30.9 Å². The molecule has 0 aliphatic heterocycles. The van der Waals surface area contributed by atoms with Crippen molar-refractivity contribution in [1.82, 2.24) is 10.3 Å². The molecule has 0 aliphatic carbocycles. The van der Waals surface area contributed by atoms with Crippen molar-refractivity contribution in [3.63, 3.8) is 0 Å². The summed E-state index contributed by atoms with van der Waals surface area (Å²) in [6, 6.07) is 18.9. The molecule has 0 fully saturated rings. The number of nitrogens with one attached hydrogen (secondary N) is 2. The lowest BCUT2D eigenvalue weighted by Crippen LogP contribution is -2.36. The predicted octanol–water partition coefficient (Wildman–Crippen LogP) is 4.31. The van der Waals surface area contributed by atoms with Crippen LogP contribution in [0.25, 0.3) is 0 Å². The third-order valence-corrected chi connectivity index (χ3v) is 4.61. The Bertz CT molecular complexity index is 1000. The van der Waals surface area contributed by atoms with E-state index >= 15 is 0 Å². The number of carbonyl (C=O) groups is 1. The smallest absolute Gasteiger partial charge is 0.258 e. The Balaban J connectivity index is 1.82. The van der Waals surface area contributed by atoms with E-state index in [1.54, 1.807) is 18.5 Å². The van der Waals surface area contributed by atoms with Crippen LogP contribution in [0.5, 0.6) is 0 Å². The van der Waals surface area contributed by atoms with Crippen LogP contribution in [0.3, 0.4) is 0 Å². The maximum Gasteiger partial charge on any atom is 0.258 e. The molecule has 3 aromatic rings. The Morgan fingerprint density at radius 1 is 1.07 bits per heavy atom. The molecule has 6 nitrogen and oxygen atoms in total. The summed E-state index contributed by atoms with van der Waals surface area (Å²) in [4.78, 5) is 23.4. The van der Waals surface area contributed by atoms with Crippen LogP contribution in [0.2, 0.25) is 0 Å². The van der Waals surface area contributed by atoms with Gasteiger partial charge < -0.3 is 10.2 Å². The highest BCUT2D eigenvalue weighted by Crippen LogP contribution is 2.16. The highest BCUT2D eigenvalue weighted by Gasteiger charge is 2.11. The third-order valence-electron chi connectivity index (χ3n) is 4.11. The number of hydrogen-bond acceptors (Lipinski definition) is 4. The fourth-order valence-electron chi connectivity index (χ4n) is 2.58. The van der Waals surface area contributed by atoms with E-state index in [0.717, 1.165) is 21.4 Å². The van der Waals surface area contributed by atoms with Gasteiger partial charge in [-0.05, 0) is 54.1 Å². The van der Waals surface area contributed by atoms with Gasteiger partial charge in [0.25, 0.3) is 5.91 Å². The van der Waals surface area contributed by atoms with Gasteiger partial charge in [-0.3, -0.25) is 15.1 Å². The first-order chi connectivity index (χ1) is 14.0. The normalized spacial score (nSPS) is 11.1. The summed E-state index contributed by atoms with van der Waals surface area (Å²) < 4.78 is 0.931. The number of halogens is 1. The molecular formula is C22H22BrN5O. The second-order valence-electron chi connectivity index (χ2n) is 6.55. The third kappa shape index (κ3) is 6.15. The maximum atomic E-state index is 12.8. The fraction of sp³-hybridized carbons (Fsp3) is 0.136. The number of pyridine rings is 1. The Kier molecular flexibility index (Phi) is 6.97. The molecule has 0 atom stereocenters. The molecule has 148 valence electrons. The average Bonchev–Trinajstić information content (AvgIpc) is 2.73. The van der Waals surface area contributed by atoms with Crippen molar-refractivity contribution in [2.24, 2.45) is 4.99 Å². The van der Waals surface area contributed by atoms with Crippen molar-refractivity contribution in [2.75, 3.05) is 24.3 Å². The van der Waals surface area contributed by atoms with E-state index in [0.29, 0.717) is 18.1 Å². The van der Waals surface area contributed by atoms with Crippen molar-refractivity contribution in [2.45, 2.75) is 6.54 Å². The van der Waals surface area contributed by atoms with Crippen molar-refractivity contribution in [3.05, 3.63) is 88.7 Å². The van der Waals surface area contributed by atoms with E-state index in [1.165, 1.54) is 0 Å². The van der Waals surface area contributed by atoms with Crippen LogP contribution in [0.1, 0.15) is 15.9 Å². The minimum atomic E-state index is -0.232. The van der Waals surface area contributed by atoms with Crippen LogP contribution in [0.15, 0.2) is 82.5 Å². The molecule has 1 aromatic heterocycles. The summed E-state index contributed by atoms with van der Waals surface area (Å²) in [5.74, 6) is 0.143. The fourth-order valence-corrected chi connectivity index (χ4v) is 2.98. The minimum Gasteiger partial charge on any atom is -0.378 e. The van der Waals surface area contributed by atoms with Crippen LogP contribution >= 0.6 is 15.9 Å². The standard InChI is InChI=1S/C22H22BrN5O/c1-28(2)20-8-3-5-17(13-20)21(29)27-22(25-15-16-9-11-24-12-10-16)26-19-7-4-6-18(23)14-19/h3-14H,15H2,1-2H3,(H2,25,26,27,29). The Hall–Kier alpha value is -3.19. The lowest BCUT2D eigenvalue weighted by Gasteiger charge is -2.15. The van der Waals surface area contributed by atoms with Crippen LogP contribution in [-0.2, 0) is 6.54 Å². The van der Waals surface area contributed by atoms with Crippen molar-refractivity contribution in [3.8, 4) is 0 Å². The molecular weight excluding hydrogens is 430 g/mol. The molecule has 0 unspecified atom stereocenters. The molecule has 29 heavy (non-hydrogen) atoms. The molecule has 0 spiro atoms. The summed E-state index contributed by atoms with van der Waals surface area (Å²) in [5.41, 5.74) is 3.32. The summed E-state index contributed by atoms with van der Waals surface area (Å²) >= 11 is 3.46. The lowest BCUT2D eigenvalue weighted by atomic mass is 10.2. The van der Waals surface area contributed by atoms with E-state index < -0.39 is 0 Å². The largest absolute Gasteiger partial charge is 0.378 e. The number of guanidine groups is 1. The van der Waals surface area contributed by atoms with E-state index in [9.17, 15) is 4.79 Å². The first-order valence-electron chi connectivity index (χ1n) is 9.06. The Morgan fingerprint density at radius 2 is 1.83 bits per heavy atom. The zero-order chi connectivity index (χ0) is 20.6. The van der Waals surface area contributed by atoms with E-state index in [-0.39, 0.29) is 5.91 Å². The molecule has 0 bridgehead atoms. The number of amides is 1. The topological polar surface area (TPSA) is 69.6 Å². The molecule has 0 saturated heterocycles. The minimum absolute atomic E-state index is 0.232. The second-order valence-corrected chi connectivity index (χ2v) is 7.47. The van der Waals surface area contributed by atoms with Gasteiger partial charge in [-0.25, -0.2) is 4.99 Å². The molecule has 0 saturated carbocycles. The summed E-state index contributed by atoms with van der Waals surface area (Å²) in [6.45, 7) is 0.414. The number of hydrogen-bond donors (Lipinski definition) is 2. The molecule has 1 heterocycles. The molecule has 2 aromatic carbocycles. The lowest BCUT2D eigenvalue weighted by molar-refractivity contribution is 0.0977. The van der Waals surface area contributed by atoms with Gasteiger partial charge in [0.05, 0.1) is 6.54 Å². The molecule has 2 N–H and O–H groups in total. The SMILES string of the molecule is CN(C)c1cccc(C(=O)NC(=NCc2ccncc2)Nc2cccc(Br)c2)c1. The van der Waals surface area contributed by atoms with Crippen LogP contribution < -0.4 is 15.5 Å². The predicted molar refractivity (Wildman–Crippen MR) is 121 cm³/mol. The average molecular weight is 452 g/mol. The number of aromatic nitrogens is 1. The highest BCUT2D eigenvalue weighted by atomic mass is 79.9. The number of carbonyl (C=O) groups excluding carboxylic acids is 1. The van der Waals surface area contributed by atoms with Gasteiger partial charge in [0.1, 0.15) is 0 Å². The van der Waals surface area contributed by atoms with Gasteiger partial charge in [-0.1, -0.05) is 28.1 Å². The van der Waals surface area contributed by atoms with Gasteiger partial charge in [0.15, 0.2) is 0 Å². The van der Waals surface area contributed by atoms with Gasteiger partial charge in [-0.2, -0.15) is 0 Å². The molecule has 3 rings (SSSR count). The molecule has 0 radical (unpaired) electrons. The van der Waals surface area contributed by atoms with Gasteiger partial charge in [-0.15, -0.1) is 0 Å². The van der Waals surface area contributed by atoms with E-state index in [1.807, 2.05) is 73.6 Å². The number of aliphatic imine (C=N–C) groups is 1. The van der Waals surface area contributed by atoms with Crippen molar-refractivity contribution >= 4 is 39.2 Å². The number of rotatable bonds is 5. The van der Waals surface area contributed by atoms with E-state index in [2.05, 4.69) is 36.5 Å². The van der Waals surface area contributed by atoms with E-state index in [4.69, 9.17) is 0 Å². The zero-order valence-corrected chi connectivity index (χ0v) is 17.8. The molecule has 1 amide bonds. The number of nitrogens with zero attached hydrogens (tertiary/aromatic N) is 3. The second kappa shape index (κ2) is 9.84. The monoisotopic (exact) mass is 451 g/mol. The van der Waals surface area contributed by atoms with Gasteiger partial charge in [0, 0.05) is 47.9 Å². The summed E-state index contributed by atoms with van der Waals surface area (Å²) in [6.07, 6.45) is 3.44. The first kappa shape index (κ1) is 20.5. The summed E-state index contributed by atoms with van der Waals surface area (Å²) in [5, 5.41) is 6.08. The van der Waals surface area contributed by atoms with Crippen molar-refractivity contribution in [1.29, 1.82) is 0 Å². The van der Waals surface area contributed by atoms with Gasteiger partial charge in [0.2, 0.25) is 5.96 Å². The highest BCUT2D eigenvalue weighted by molar-refractivity contribution is 9.10. The molecule has 7 heteroatoms. The summed E-state index contributed by atoms with van der Waals surface area (Å²) in [7, 11) is 3.88. The zero-order valence-electron chi connectivity index (χ0n) is 16.3. The van der Waals surface area contributed by atoms with Crippen molar-refractivity contribution < 1.29 is 4.79 Å². The van der Waals surface area contributed by atoms with Gasteiger partial charge >= 0.3 is 0 Å². The Labute approximate surface area is 178 Å².